The molecule has 0 fully saturated rings. The number of H-pyrrole nitrogens is 1. The molecule has 0 aliphatic heterocycles. The van der Waals surface area contributed by atoms with E-state index < -0.39 is 0 Å². The van der Waals surface area contributed by atoms with Crippen molar-refractivity contribution in [3.8, 4) is 0 Å². The normalized spacial score (nSPS) is 12.0. The summed E-state index contributed by atoms with van der Waals surface area (Å²) in [4.78, 5) is 15.0. The second kappa shape index (κ2) is 11.0. The lowest BCUT2D eigenvalue weighted by molar-refractivity contribution is -0.110. The first kappa shape index (κ1) is 23.5. The number of nitrogens with zero attached hydrogens (tertiary/aromatic N) is 3. The van der Waals surface area contributed by atoms with E-state index in [-0.39, 0.29) is 6.04 Å². The Morgan fingerprint density at radius 2 is 1.64 bits per heavy atom. The van der Waals surface area contributed by atoms with Crippen LogP contribution in [-0.2, 0) is 37.0 Å². The number of hydrogen-bond acceptors (Lipinski definition) is 3. The molecular formula is C30H31N5O. The monoisotopic (exact) mass is 477 g/mol. The first-order valence-corrected chi connectivity index (χ1v) is 12.5. The Hall–Kier alpha value is -4.19. The quantitative estimate of drug-likeness (QED) is 0.257. The average Bonchev–Trinajstić information content (AvgIpc) is 3.52. The third kappa shape index (κ3) is 5.23. The number of carbonyl (C=O) groups is 1. The first-order chi connectivity index (χ1) is 17.7. The van der Waals surface area contributed by atoms with E-state index >= 15 is 0 Å². The standard InChI is InChI=1S/C30H31N5O/c1-2-22-12-14-24(15-13-22)20-35-29(17-16-23-8-4-3-5-9-23)33-34-30(35)28(32-21-36)18-25-19-31-27-11-7-6-10-26(25)27/h3-15,19,21,28,31H,2,16-18,20H2,1H3,(H,32,36)/t28-/m1/s1. The Balaban J connectivity index is 1.48. The molecule has 0 spiro atoms. The summed E-state index contributed by atoms with van der Waals surface area (Å²) in [5, 5.41) is 13.4. The minimum absolute atomic E-state index is 0.297. The third-order valence-electron chi connectivity index (χ3n) is 6.79. The summed E-state index contributed by atoms with van der Waals surface area (Å²) in [5.74, 6) is 1.69. The van der Waals surface area contributed by atoms with Gasteiger partial charge in [0.05, 0.1) is 12.6 Å². The molecule has 0 aliphatic carbocycles. The molecule has 0 aliphatic rings. The third-order valence-corrected chi connectivity index (χ3v) is 6.79. The lowest BCUT2D eigenvalue weighted by Gasteiger charge is -2.18. The van der Waals surface area contributed by atoms with Crippen molar-refractivity contribution >= 4 is 17.3 Å². The minimum atomic E-state index is -0.297. The number of para-hydroxylation sites is 1. The van der Waals surface area contributed by atoms with Crippen LogP contribution in [0.5, 0.6) is 0 Å². The summed E-state index contributed by atoms with van der Waals surface area (Å²) in [6, 6.07) is 27.0. The van der Waals surface area contributed by atoms with Crippen LogP contribution in [0.3, 0.4) is 0 Å². The summed E-state index contributed by atoms with van der Waals surface area (Å²) in [7, 11) is 0. The molecule has 0 saturated heterocycles. The number of rotatable bonds is 11. The number of benzene rings is 3. The van der Waals surface area contributed by atoms with Gasteiger partial charge in [0.1, 0.15) is 5.82 Å². The fourth-order valence-corrected chi connectivity index (χ4v) is 4.76. The predicted molar refractivity (Wildman–Crippen MR) is 143 cm³/mol. The van der Waals surface area contributed by atoms with Gasteiger partial charge in [-0.15, -0.1) is 10.2 Å². The molecule has 6 nitrogen and oxygen atoms in total. The van der Waals surface area contributed by atoms with E-state index in [4.69, 9.17) is 0 Å². The molecule has 0 bridgehead atoms. The van der Waals surface area contributed by atoms with E-state index in [2.05, 4.69) is 92.7 Å². The highest BCUT2D eigenvalue weighted by molar-refractivity contribution is 5.83. The van der Waals surface area contributed by atoms with Gasteiger partial charge in [-0.1, -0.05) is 79.7 Å². The van der Waals surface area contributed by atoms with E-state index in [1.54, 1.807) is 0 Å². The lowest BCUT2D eigenvalue weighted by atomic mass is 10.0. The predicted octanol–water partition coefficient (Wildman–Crippen LogP) is 5.19. The lowest BCUT2D eigenvalue weighted by Crippen LogP contribution is -2.26. The summed E-state index contributed by atoms with van der Waals surface area (Å²) in [5.41, 5.74) is 5.98. The Kier molecular flexibility index (Phi) is 7.22. The van der Waals surface area contributed by atoms with Crippen LogP contribution in [0, 0.1) is 0 Å². The van der Waals surface area contributed by atoms with Gasteiger partial charge < -0.3 is 14.9 Å². The average molecular weight is 478 g/mol. The van der Waals surface area contributed by atoms with Crippen LogP contribution in [0.15, 0.2) is 85.1 Å². The highest BCUT2D eigenvalue weighted by Crippen LogP contribution is 2.25. The number of hydrogen-bond donors (Lipinski definition) is 2. The zero-order valence-corrected chi connectivity index (χ0v) is 20.5. The van der Waals surface area contributed by atoms with Crippen LogP contribution in [0.2, 0.25) is 0 Å². The largest absolute Gasteiger partial charge is 0.361 e. The van der Waals surface area contributed by atoms with E-state index in [1.165, 1.54) is 16.7 Å². The molecule has 2 heterocycles. The number of amides is 1. The van der Waals surface area contributed by atoms with Crippen molar-refractivity contribution in [1.29, 1.82) is 0 Å². The number of aromatic nitrogens is 4. The SMILES string of the molecule is CCc1ccc(Cn2c(CCc3ccccc3)nnc2[C@@H](Cc2c[nH]c3ccccc23)NC=O)cc1. The number of aryl methyl sites for hydroxylation is 3. The molecule has 0 radical (unpaired) electrons. The van der Waals surface area contributed by atoms with Crippen molar-refractivity contribution < 1.29 is 4.79 Å². The summed E-state index contributed by atoms with van der Waals surface area (Å²) < 4.78 is 2.18. The molecule has 0 saturated carbocycles. The molecule has 2 N–H and O–H groups in total. The van der Waals surface area contributed by atoms with E-state index in [9.17, 15) is 4.79 Å². The summed E-state index contributed by atoms with van der Waals surface area (Å²) in [6.45, 7) is 2.82. The number of carbonyl (C=O) groups excluding carboxylic acids is 1. The number of fused-ring (bicyclic) bond motifs is 1. The van der Waals surface area contributed by atoms with Crippen LogP contribution >= 0.6 is 0 Å². The van der Waals surface area contributed by atoms with Crippen LogP contribution in [0.1, 0.15) is 46.9 Å². The minimum Gasteiger partial charge on any atom is -0.361 e. The van der Waals surface area contributed by atoms with E-state index in [1.807, 2.05) is 24.4 Å². The van der Waals surface area contributed by atoms with Gasteiger partial charge in [-0.25, -0.2) is 0 Å². The molecule has 5 rings (SSSR count). The molecule has 1 amide bonds. The maximum absolute atomic E-state index is 11.7. The van der Waals surface area contributed by atoms with Crippen molar-refractivity contribution in [3.05, 3.63) is 119 Å². The topological polar surface area (TPSA) is 75.6 Å². The molecule has 0 unspecified atom stereocenters. The molecule has 6 heteroatoms. The molecule has 2 aromatic heterocycles. The maximum atomic E-state index is 11.7. The zero-order valence-electron chi connectivity index (χ0n) is 20.5. The number of nitrogens with one attached hydrogen (secondary N) is 2. The van der Waals surface area contributed by atoms with E-state index in [0.717, 1.165) is 53.8 Å². The summed E-state index contributed by atoms with van der Waals surface area (Å²) in [6.07, 6.45) is 6.06. The Morgan fingerprint density at radius 1 is 0.889 bits per heavy atom. The first-order valence-electron chi connectivity index (χ1n) is 12.5. The van der Waals surface area contributed by atoms with Crippen molar-refractivity contribution in [2.75, 3.05) is 0 Å². The van der Waals surface area contributed by atoms with Crippen molar-refractivity contribution in [1.82, 2.24) is 25.1 Å². The fourth-order valence-electron chi connectivity index (χ4n) is 4.76. The summed E-state index contributed by atoms with van der Waals surface area (Å²) >= 11 is 0. The maximum Gasteiger partial charge on any atom is 0.207 e. The van der Waals surface area contributed by atoms with Gasteiger partial charge in [0.2, 0.25) is 6.41 Å². The molecule has 5 aromatic rings. The highest BCUT2D eigenvalue weighted by Gasteiger charge is 2.23. The Morgan fingerprint density at radius 3 is 2.42 bits per heavy atom. The van der Waals surface area contributed by atoms with Crippen LogP contribution in [-0.4, -0.2) is 26.2 Å². The van der Waals surface area contributed by atoms with Gasteiger partial charge >= 0.3 is 0 Å². The van der Waals surface area contributed by atoms with Crippen LogP contribution in [0.4, 0.5) is 0 Å². The molecule has 182 valence electrons. The fraction of sp³-hybridized carbons (Fsp3) is 0.233. The van der Waals surface area contributed by atoms with Crippen molar-refractivity contribution in [2.45, 2.75) is 45.2 Å². The van der Waals surface area contributed by atoms with Gasteiger partial charge in [-0.3, -0.25) is 4.79 Å². The number of aromatic amines is 1. The van der Waals surface area contributed by atoms with Gasteiger partial charge in [0.15, 0.2) is 5.82 Å². The smallest absolute Gasteiger partial charge is 0.207 e. The molecule has 1 atom stereocenters. The zero-order chi connectivity index (χ0) is 24.7. The Bertz CT molecular complexity index is 1420. The second-order valence-electron chi connectivity index (χ2n) is 9.12. The molecular weight excluding hydrogens is 446 g/mol. The van der Waals surface area contributed by atoms with Gasteiger partial charge in [-0.05, 0) is 41.2 Å². The highest BCUT2D eigenvalue weighted by atomic mass is 16.1. The van der Waals surface area contributed by atoms with Gasteiger partial charge in [0, 0.05) is 29.9 Å². The molecule has 36 heavy (non-hydrogen) atoms. The van der Waals surface area contributed by atoms with Gasteiger partial charge in [-0.2, -0.15) is 0 Å². The van der Waals surface area contributed by atoms with Gasteiger partial charge in [0.25, 0.3) is 0 Å². The Labute approximate surface area is 211 Å². The van der Waals surface area contributed by atoms with Crippen molar-refractivity contribution in [3.63, 3.8) is 0 Å². The molecule has 3 aromatic carbocycles. The van der Waals surface area contributed by atoms with Crippen LogP contribution in [0.25, 0.3) is 10.9 Å². The van der Waals surface area contributed by atoms with E-state index in [0.29, 0.717) is 13.0 Å². The second-order valence-corrected chi connectivity index (χ2v) is 9.12. The van der Waals surface area contributed by atoms with Crippen LogP contribution < -0.4 is 5.32 Å². The van der Waals surface area contributed by atoms with Crippen molar-refractivity contribution in [2.24, 2.45) is 0 Å².